The first-order valence-corrected chi connectivity index (χ1v) is 7.02. The molecule has 1 aliphatic carbocycles. The summed E-state index contributed by atoms with van der Waals surface area (Å²) in [4.78, 5) is 36.6. The average Bonchev–Trinajstić information content (AvgIpc) is 3.02. The van der Waals surface area contributed by atoms with E-state index in [2.05, 4.69) is 0 Å². The summed E-state index contributed by atoms with van der Waals surface area (Å²) in [5, 5.41) is 0. The minimum atomic E-state index is -4.62. The zero-order chi connectivity index (χ0) is 18.5. The highest BCUT2D eigenvalue weighted by molar-refractivity contribution is 6.59. The van der Waals surface area contributed by atoms with Crippen molar-refractivity contribution in [1.29, 1.82) is 0 Å². The zero-order valence-corrected chi connectivity index (χ0v) is 12.7. The quantitative estimate of drug-likeness (QED) is 0.477. The topological polar surface area (TPSA) is 64.3 Å². The van der Waals surface area contributed by atoms with Gasteiger partial charge < -0.3 is 4.42 Å². The lowest BCUT2D eigenvalue weighted by atomic mass is 9.78. The fraction of sp³-hybridized carbons (Fsp3) is 0.118. The van der Waals surface area contributed by atoms with Crippen molar-refractivity contribution >= 4 is 30.7 Å². The van der Waals surface area contributed by atoms with E-state index in [1.54, 1.807) is 0 Å². The Balaban J connectivity index is 2.12. The lowest BCUT2D eigenvalue weighted by Gasteiger charge is -2.13. The Morgan fingerprint density at radius 2 is 1.84 bits per heavy atom. The van der Waals surface area contributed by atoms with Gasteiger partial charge in [0.05, 0.1) is 16.7 Å². The molecule has 1 aromatic carbocycles. The molecule has 0 saturated heterocycles. The van der Waals surface area contributed by atoms with Crippen LogP contribution in [0.1, 0.15) is 44.5 Å². The molecule has 0 bridgehead atoms. The van der Waals surface area contributed by atoms with E-state index in [1.165, 1.54) is 13.0 Å². The van der Waals surface area contributed by atoms with Crippen molar-refractivity contribution in [2.75, 3.05) is 0 Å². The molecular formula is C17H8BF3O4. The van der Waals surface area contributed by atoms with Crippen molar-refractivity contribution in [3.8, 4) is 0 Å². The van der Waals surface area contributed by atoms with E-state index in [0.29, 0.717) is 6.07 Å². The van der Waals surface area contributed by atoms with Gasteiger partial charge in [-0.3, -0.25) is 14.4 Å². The number of hydrogen-bond donors (Lipinski definition) is 0. The Labute approximate surface area is 140 Å². The monoisotopic (exact) mass is 344 g/mol. The number of halogens is 3. The van der Waals surface area contributed by atoms with Crippen LogP contribution in [0.15, 0.2) is 40.5 Å². The van der Waals surface area contributed by atoms with Crippen LogP contribution in [0, 0.1) is 0 Å². The number of rotatable bonds is 2. The van der Waals surface area contributed by atoms with E-state index in [9.17, 15) is 27.6 Å². The summed E-state index contributed by atoms with van der Waals surface area (Å²) in [6, 6.07) is 3.74. The maximum Gasteiger partial charge on any atom is 0.416 e. The normalized spacial score (nSPS) is 14.7. The minimum Gasteiger partial charge on any atom is -0.464 e. The van der Waals surface area contributed by atoms with Crippen molar-refractivity contribution < 1.29 is 32.0 Å². The van der Waals surface area contributed by atoms with Crippen LogP contribution in [0.2, 0.25) is 0 Å². The lowest BCUT2D eigenvalue weighted by Crippen LogP contribution is -2.24. The molecule has 2 aromatic rings. The molecule has 2 radical (unpaired) electrons. The molecule has 1 aliphatic rings. The maximum atomic E-state index is 12.8. The highest BCUT2D eigenvalue weighted by atomic mass is 19.4. The largest absolute Gasteiger partial charge is 0.464 e. The van der Waals surface area contributed by atoms with Gasteiger partial charge in [-0.15, -0.1) is 0 Å². The van der Waals surface area contributed by atoms with Crippen LogP contribution in [0.3, 0.4) is 0 Å². The molecule has 4 nitrogen and oxygen atoms in total. The Kier molecular flexibility index (Phi) is 3.78. The SMILES string of the molecule is [B]C1=C(C)C(=O)C(=O)c2c(C(=O)c3cccc(C(F)(F)F)c3)coc21. The number of benzene rings is 1. The average molecular weight is 344 g/mol. The molecular weight excluding hydrogens is 336 g/mol. The molecule has 0 aliphatic heterocycles. The third-order valence-corrected chi connectivity index (χ3v) is 3.91. The van der Waals surface area contributed by atoms with Crippen LogP contribution in [-0.4, -0.2) is 25.2 Å². The number of carbonyl (C=O) groups excluding carboxylic acids is 3. The van der Waals surface area contributed by atoms with Gasteiger partial charge in [0.1, 0.15) is 19.9 Å². The van der Waals surface area contributed by atoms with E-state index >= 15 is 0 Å². The number of furan rings is 1. The Morgan fingerprint density at radius 3 is 2.48 bits per heavy atom. The summed E-state index contributed by atoms with van der Waals surface area (Å²) in [6.07, 6.45) is -3.70. The molecule has 25 heavy (non-hydrogen) atoms. The number of alkyl halides is 3. The summed E-state index contributed by atoms with van der Waals surface area (Å²) in [6.45, 7) is 1.34. The van der Waals surface area contributed by atoms with Gasteiger partial charge in [-0.2, -0.15) is 13.2 Å². The third-order valence-electron chi connectivity index (χ3n) is 3.91. The van der Waals surface area contributed by atoms with Crippen molar-refractivity contribution in [3.05, 3.63) is 64.1 Å². The van der Waals surface area contributed by atoms with E-state index in [0.717, 1.165) is 18.4 Å². The number of Topliss-reactive ketones (excluding diaryl/α,β-unsaturated/α-hetero) is 2. The van der Waals surface area contributed by atoms with Crippen molar-refractivity contribution in [2.24, 2.45) is 0 Å². The predicted octanol–water partition coefficient (Wildman–Crippen LogP) is 3.19. The Hall–Kier alpha value is -2.90. The molecule has 0 amide bonds. The fourth-order valence-electron chi connectivity index (χ4n) is 2.52. The molecule has 0 N–H and O–H groups in total. The number of fused-ring (bicyclic) bond motifs is 1. The second kappa shape index (κ2) is 5.58. The van der Waals surface area contributed by atoms with Gasteiger partial charge in [0.2, 0.25) is 11.6 Å². The predicted molar refractivity (Wildman–Crippen MR) is 81.3 cm³/mol. The number of allylic oxidation sites excluding steroid dienone is 1. The molecule has 8 heteroatoms. The first-order valence-electron chi connectivity index (χ1n) is 7.02. The smallest absolute Gasteiger partial charge is 0.416 e. The van der Waals surface area contributed by atoms with E-state index in [1.807, 2.05) is 0 Å². The molecule has 124 valence electrons. The van der Waals surface area contributed by atoms with Crippen molar-refractivity contribution in [3.63, 3.8) is 0 Å². The number of ketones is 3. The minimum absolute atomic E-state index is 0.00934. The summed E-state index contributed by atoms with van der Waals surface area (Å²) in [5.74, 6) is -2.86. The summed E-state index contributed by atoms with van der Waals surface area (Å²) in [7, 11) is 5.73. The maximum absolute atomic E-state index is 12.8. The van der Waals surface area contributed by atoms with E-state index in [-0.39, 0.29) is 33.5 Å². The van der Waals surface area contributed by atoms with Gasteiger partial charge in [0.25, 0.3) is 0 Å². The molecule has 0 fully saturated rings. The van der Waals surface area contributed by atoms with Gasteiger partial charge in [-0.25, -0.2) is 0 Å². The molecule has 1 heterocycles. The van der Waals surface area contributed by atoms with Crippen LogP contribution in [-0.2, 0) is 11.0 Å². The summed E-state index contributed by atoms with van der Waals surface area (Å²) in [5.41, 5.74) is -2.01. The van der Waals surface area contributed by atoms with Crippen LogP contribution >= 0.6 is 0 Å². The first-order chi connectivity index (χ1) is 11.6. The van der Waals surface area contributed by atoms with Crippen LogP contribution < -0.4 is 0 Å². The number of hydrogen-bond acceptors (Lipinski definition) is 4. The molecule has 1 aromatic heterocycles. The highest BCUT2D eigenvalue weighted by Gasteiger charge is 2.36. The Morgan fingerprint density at radius 1 is 1.16 bits per heavy atom. The molecule has 3 rings (SSSR count). The van der Waals surface area contributed by atoms with Crippen LogP contribution in [0.5, 0.6) is 0 Å². The fourth-order valence-corrected chi connectivity index (χ4v) is 2.52. The second-order valence-electron chi connectivity index (χ2n) is 5.46. The van der Waals surface area contributed by atoms with Gasteiger partial charge in [0.15, 0.2) is 5.78 Å². The second-order valence-corrected chi connectivity index (χ2v) is 5.46. The van der Waals surface area contributed by atoms with Gasteiger partial charge in [-0.1, -0.05) is 12.1 Å². The van der Waals surface area contributed by atoms with Crippen molar-refractivity contribution in [1.82, 2.24) is 0 Å². The van der Waals surface area contributed by atoms with E-state index in [4.69, 9.17) is 12.3 Å². The standard InChI is InChI=1S/C17H8BF3O4/c1-7-12(18)16-11(15(24)13(7)22)10(6-25-16)14(23)8-3-2-4-9(5-8)17(19,20)21/h2-6H,1H3. The van der Waals surface area contributed by atoms with Crippen LogP contribution in [0.25, 0.3) is 5.47 Å². The summed E-state index contributed by atoms with van der Waals surface area (Å²) >= 11 is 0. The lowest BCUT2D eigenvalue weighted by molar-refractivity contribution is -0.137. The number of carbonyl (C=O) groups is 3. The highest BCUT2D eigenvalue weighted by Crippen LogP contribution is 2.33. The summed E-state index contributed by atoms with van der Waals surface area (Å²) < 4.78 is 43.5. The molecule has 0 unspecified atom stereocenters. The van der Waals surface area contributed by atoms with E-state index < -0.39 is 29.1 Å². The van der Waals surface area contributed by atoms with Gasteiger partial charge in [-0.05, 0) is 30.1 Å². The van der Waals surface area contributed by atoms with Gasteiger partial charge in [0, 0.05) is 5.56 Å². The van der Waals surface area contributed by atoms with Gasteiger partial charge >= 0.3 is 6.18 Å². The zero-order valence-electron chi connectivity index (χ0n) is 12.7. The molecule has 0 atom stereocenters. The van der Waals surface area contributed by atoms with Crippen molar-refractivity contribution in [2.45, 2.75) is 13.1 Å². The molecule has 0 spiro atoms. The third kappa shape index (κ3) is 2.63. The Bertz CT molecular complexity index is 967. The first kappa shape index (κ1) is 16.9. The van der Waals surface area contributed by atoms with Crippen LogP contribution in [0.4, 0.5) is 13.2 Å². The molecule has 0 saturated carbocycles.